The lowest BCUT2D eigenvalue weighted by Gasteiger charge is -2.13. The van der Waals surface area contributed by atoms with Crippen molar-refractivity contribution in [3.63, 3.8) is 0 Å². The molecule has 0 aliphatic carbocycles. The molecule has 0 radical (unpaired) electrons. The minimum absolute atomic E-state index is 0.312. The normalized spacial score (nSPS) is 11.9. The molecule has 0 amide bonds. The highest BCUT2D eigenvalue weighted by atomic mass is 19.3. The number of alkyl halides is 2. The van der Waals surface area contributed by atoms with Gasteiger partial charge in [-0.1, -0.05) is 0 Å². The Kier molecular flexibility index (Phi) is 3.39. The van der Waals surface area contributed by atoms with Gasteiger partial charge in [0.05, 0.1) is 19.1 Å². The summed E-state index contributed by atoms with van der Waals surface area (Å²) in [6.07, 6.45) is 2.95. The molecule has 74 valence electrons. The zero-order chi connectivity index (χ0) is 9.73. The third-order valence-corrected chi connectivity index (χ3v) is 1.52. The van der Waals surface area contributed by atoms with E-state index in [1.54, 1.807) is 6.07 Å². The Hall–Kier alpha value is -0.940. The first-order chi connectivity index (χ1) is 6.14. The third-order valence-electron chi connectivity index (χ3n) is 1.52. The average molecular weight is 191 g/mol. The highest BCUT2D eigenvalue weighted by Gasteiger charge is 2.26. The summed E-state index contributed by atoms with van der Waals surface area (Å²) in [6, 6.07) is 1.68. The summed E-state index contributed by atoms with van der Waals surface area (Å²) in [5.41, 5.74) is 0.800. The number of aliphatic hydroxyl groups is 1. The second-order valence-electron chi connectivity index (χ2n) is 2.75. The van der Waals surface area contributed by atoms with Gasteiger partial charge in [-0.15, -0.1) is 0 Å². The van der Waals surface area contributed by atoms with Crippen molar-refractivity contribution < 1.29 is 18.3 Å². The van der Waals surface area contributed by atoms with E-state index in [1.165, 1.54) is 12.5 Å². The van der Waals surface area contributed by atoms with E-state index in [2.05, 4.69) is 5.32 Å². The van der Waals surface area contributed by atoms with Crippen LogP contribution in [0.4, 0.5) is 8.78 Å². The minimum atomic E-state index is -3.05. The van der Waals surface area contributed by atoms with Gasteiger partial charge in [-0.25, -0.2) is 8.78 Å². The fourth-order valence-electron chi connectivity index (χ4n) is 0.839. The molecule has 0 aliphatic rings. The Bertz CT molecular complexity index is 236. The first kappa shape index (κ1) is 10.1. The van der Waals surface area contributed by atoms with Crippen LogP contribution in [0.15, 0.2) is 23.0 Å². The maximum Gasteiger partial charge on any atom is 0.282 e. The fourth-order valence-corrected chi connectivity index (χ4v) is 0.839. The number of halogens is 2. The van der Waals surface area contributed by atoms with Crippen molar-refractivity contribution in [1.29, 1.82) is 0 Å². The predicted octanol–water partition coefficient (Wildman–Crippen LogP) is 0.997. The first-order valence-electron chi connectivity index (χ1n) is 3.84. The number of furan rings is 1. The Morgan fingerprint density at radius 2 is 2.31 bits per heavy atom. The molecular weight excluding hydrogens is 180 g/mol. The van der Waals surface area contributed by atoms with Gasteiger partial charge in [0.25, 0.3) is 5.92 Å². The second-order valence-corrected chi connectivity index (χ2v) is 2.75. The Balaban J connectivity index is 2.21. The molecule has 0 saturated heterocycles. The number of nitrogens with one attached hydrogen (secondary N) is 1. The van der Waals surface area contributed by atoms with E-state index in [9.17, 15) is 8.78 Å². The maximum absolute atomic E-state index is 12.4. The van der Waals surface area contributed by atoms with Crippen LogP contribution in [-0.2, 0) is 6.54 Å². The van der Waals surface area contributed by atoms with E-state index in [4.69, 9.17) is 9.52 Å². The van der Waals surface area contributed by atoms with Gasteiger partial charge in [0, 0.05) is 12.1 Å². The van der Waals surface area contributed by atoms with Gasteiger partial charge in [-0.3, -0.25) is 0 Å². The molecule has 0 bridgehead atoms. The lowest BCUT2D eigenvalue weighted by Crippen LogP contribution is -2.35. The van der Waals surface area contributed by atoms with E-state index in [1.807, 2.05) is 0 Å². The number of rotatable bonds is 5. The monoisotopic (exact) mass is 191 g/mol. The quantitative estimate of drug-likeness (QED) is 0.729. The molecule has 1 aromatic rings. The fraction of sp³-hybridized carbons (Fsp3) is 0.500. The van der Waals surface area contributed by atoms with Crippen molar-refractivity contribution >= 4 is 0 Å². The lowest BCUT2D eigenvalue weighted by molar-refractivity contribution is -0.0477. The molecule has 1 aromatic heterocycles. The molecule has 0 aliphatic heterocycles. The summed E-state index contributed by atoms with van der Waals surface area (Å²) >= 11 is 0. The van der Waals surface area contributed by atoms with Crippen molar-refractivity contribution in [2.45, 2.75) is 12.5 Å². The summed E-state index contributed by atoms with van der Waals surface area (Å²) < 4.78 is 29.6. The van der Waals surface area contributed by atoms with Crippen molar-refractivity contribution in [3.05, 3.63) is 24.2 Å². The largest absolute Gasteiger partial charge is 0.472 e. The van der Waals surface area contributed by atoms with E-state index >= 15 is 0 Å². The highest BCUT2D eigenvalue weighted by molar-refractivity contribution is 5.04. The molecule has 0 aromatic carbocycles. The molecule has 2 N–H and O–H groups in total. The first-order valence-corrected chi connectivity index (χ1v) is 3.84. The molecule has 3 nitrogen and oxygen atoms in total. The van der Waals surface area contributed by atoms with Gasteiger partial charge in [-0.2, -0.15) is 0 Å². The summed E-state index contributed by atoms with van der Waals surface area (Å²) in [5.74, 6) is -3.05. The Labute approximate surface area is 74.4 Å². The Morgan fingerprint density at radius 1 is 1.54 bits per heavy atom. The van der Waals surface area contributed by atoms with E-state index in [0.29, 0.717) is 6.54 Å². The molecule has 0 atom stereocenters. The molecular formula is C8H11F2NO2. The molecule has 1 heterocycles. The summed E-state index contributed by atoms with van der Waals surface area (Å²) in [7, 11) is 0. The van der Waals surface area contributed by atoms with E-state index in [-0.39, 0.29) is 0 Å². The minimum Gasteiger partial charge on any atom is -0.472 e. The van der Waals surface area contributed by atoms with Crippen LogP contribution in [0.2, 0.25) is 0 Å². The molecule has 5 heteroatoms. The van der Waals surface area contributed by atoms with Crippen molar-refractivity contribution in [2.24, 2.45) is 0 Å². The van der Waals surface area contributed by atoms with Gasteiger partial charge in [-0.05, 0) is 6.07 Å². The molecule has 0 fully saturated rings. The second kappa shape index (κ2) is 4.34. The van der Waals surface area contributed by atoms with E-state index in [0.717, 1.165) is 5.56 Å². The highest BCUT2D eigenvalue weighted by Crippen LogP contribution is 2.10. The predicted molar refractivity (Wildman–Crippen MR) is 42.4 cm³/mol. The van der Waals surface area contributed by atoms with Crippen molar-refractivity contribution in [2.75, 3.05) is 13.2 Å². The van der Waals surface area contributed by atoms with Crippen LogP contribution in [0.5, 0.6) is 0 Å². The SMILES string of the molecule is OCC(F)(F)CNCc1ccoc1. The zero-order valence-electron chi connectivity index (χ0n) is 6.96. The molecule has 0 saturated carbocycles. The van der Waals surface area contributed by atoms with Crippen LogP contribution < -0.4 is 5.32 Å². The molecule has 13 heavy (non-hydrogen) atoms. The summed E-state index contributed by atoms with van der Waals surface area (Å²) in [5, 5.41) is 10.8. The number of aliphatic hydroxyl groups excluding tert-OH is 1. The van der Waals surface area contributed by atoms with Gasteiger partial charge < -0.3 is 14.8 Å². The zero-order valence-corrected chi connectivity index (χ0v) is 6.96. The number of hydrogen-bond donors (Lipinski definition) is 2. The maximum atomic E-state index is 12.4. The molecule has 0 spiro atoms. The van der Waals surface area contributed by atoms with Crippen molar-refractivity contribution in [3.8, 4) is 0 Å². The van der Waals surface area contributed by atoms with Crippen LogP contribution in [0, 0.1) is 0 Å². The summed E-state index contributed by atoms with van der Waals surface area (Å²) in [6.45, 7) is -1.36. The summed E-state index contributed by atoms with van der Waals surface area (Å²) in [4.78, 5) is 0. The van der Waals surface area contributed by atoms with Gasteiger partial charge >= 0.3 is 0 Å². The number of hydrogen-bond acceptors (Lipinski definition) is 3. The van der Waals surface area contributed by atoms with E-state index < -0.39 is 19.1 Å². The topological polar surface area (TPSA) is 45.4 Å². The van der Waals surface area contributed by atoms with Crippen LogP contribution in [0.1, 0.15) is 5.56 Å². The van der Waals surface area contributed by atoms with Gasteiger partial charge in [0.2, 0.25) is 0 Å². The third kappa shape index (κ3) is 3.52. The molecule has 0 unspecified atom stereocenters. The van der Waals surface area contributed by atoms with Crippen LogP contribution in [0.25, 0.3) is 0 Å². The molecule has 1 rings (SSSR count). The Morgan fingerprint density at radius 3 is 2.85 bits per heavy atom. The van der Waals surface area contributed by atoms with Crippen molar-refractivity contribution in [1.82, 2.24) is 5.32 Å². The lowest BCUT2D eigenvalue weighted by atomic mass is 10.3. The average Bonchev–Trinajstić information content (AvgIpc) is 2.57. The van der Waals surface area contributed by atoms with Crippen LogP contribution in [0.3, 0.4) is 0 Å². The van der Waals surface area contributed by atoms with Crippen LogP contribution in [-0.4, -0.2) is 24.2 Å². The van der Waals surface area contributed by atoms with Gasteiger partial charge in [0.15, 0.2) is 0 Å². The smallest absolute Gasteiger partial charge is 0.282 e. The standard InChI is InChI=1S/C8H11F2NO2/c9-8(10,6-12)5-11-3-7-1-2-13-4-7/h1-2,4,11-12H,3,5-6H2. The van der Waals surface area contributed by atoms with Crippen LogP contribution >= 0.6 is 0 Å². The van der Waals surface area contributed by atoms with Gasteiger partial charge in [0.1, 0.15) is 6.61 Å².